The van der Waals surface area contributed by atoms with Crippen LogP contribution in [0.5, 0.6) is 0 Å². The van der Waals surface area contributed by atoms with Gasteiger partial charge in [-0.05, 0) is 12.8 Å². The van der Waals surface area contributed by atoms with Crippen LogP contribution in [0, 0.1) is 0 Å². The topological polar surface area (TPSA) is 192 Å². The lowest BCUT2D eigenvalue weighted by atomic mass is 9.85. The summed E-state index contributed by atoms with van der Waals surface area (Å²) in [5, 5.41) is 50.2. The monoisotopic (exact) mass is 909 g/mol. The Morgan fingerprint density at radius 3 is 1.11 bits per heavy atom. The Labute approximate surface area is 378 Å². The second-order valence-corrected chi connectivity index (χ2v) is 19.8. The molecule has 1 rings (SSSR count). The van der Waals surface area contributed by atoms with Gasteiger partial charge in [0.05, 0.1) is 13.2 Å². The van der Waals surface area contributed by atoms with Crippen LogP contribution in [0.1, 0.15) is 245 Å². The molecular weight excluding hydrogens is 812 g/mol. The first kappa shape index (κ1) is 59.4. The summed E-state index contributed by atoms with van der Waals surface area (Å²) in [6.45, 7) is 4.31. The van der Waals surface area contributed by atoms with Crippen molar-refractivity contribution in [3.05, 3.63) is 0 Å². The summed E-state index contributed by atoms with van der Waals surface area (Å²) in [5.74, 6) is -0.469. The lowest BCUT2D eigenvalue weighted by Crippen LogP contribution is -2.64. The number of unbranched alkanes of at least 4 members (excludes halogenated alkanes) is 33. The maximum atomic E-state index is 12.8. The van der Waals surface area contributed by atoms with Crippen LogP contribution < -0.4 is 0 Å². The Balaban J connectivity index is 2.29. The predicted molar refractivity (Wildman–Crippen MR) is 249 cm³/mol. The molecule has 0 aromatic heterocycles. The van der Waals surface area contributed by atoms with Crippen LogP contribution in [0.25, 0.3) is 0 Å². The molecule has 370 valence electrons. The molecule has 0 bridgehead atoms. The maximum Gasteiger partial charge on any atom is 0.472 e. The molecule has 1 fully saturated rings. The van der Waals surface area contributed by atoms with Gasteiger partial charge >= 0.3 is 13.8 Å². The number of hydrogen-bond donors (Lipinski definition) is 6. The van der Waals surface area contributed by atoms with Gasteiger partial charge in [0, 0.05) is 13.0 Å². The summed E-state index contributed by atoms with van der Waals surface area (Å²) in [6.07, 6.45) is 31.8. The Hall–Kier alpha value is -0.660. The molecule has 6 atom stereocenters. The van der Waals surface area contributed by atoms with Crippen LogP contribution >= 0.6 is 7.82 Å². The highest BCUT2D eigenvalue weighted by molar-refractivity contribution is 7.47. The van der Waals surface area contributed by atoms with E-state index in [-0.39, 0.29) is 13.0 Å². The Bertz CT molecular complexity index is 1040. The fraction of sp³-hybridized carbons (Fsp3) is 0.980. The van der Waals surface area contributed by atoms with Crippen LogP contribution in [-0.4, -0.2) is 98.9 Å². The van der Waals surface area contributed by atoms with E-state index in [0.717, 1.165) is 38.5 Å². The molecule has 0 aromatic rings. The zero-order valence-corrected chi connectivity index (χ0v) is 40.6. The van der Waals surface area contributed by atoms with Crippen molar-refractivity contribution in [2.75, 3.05) is 19.8 Å². The van der Waals surface area contributed by atoms with E-state index in [1.54, 1.807) is 0 Å². The quantitative estimate of drug-likeness (QED) is 0.0193. The molecule has 0 aromatic carbocycles. The summed E-state index contributed by atoms with van der Waals surface area (Å²) < 4.78 is 34.3. The molecule has 12 nitrogen and oxygen atoms in total. The van der Waals surface area contributed by atoms with Crippen molar-refractivity contribution >= 4 is 13.8 Å². The molecule has 0 saturated heterocycles. The molecule has 0 heterocycles. The number of hydrogen-bond acceptors (Lipinski definition) is 11. The number of phosphoric ester groups is 1. The van der Waals surface area contributed by atoms with Crippen molar-refractivity contribution in [1.29, 1.82) is 0 Å². The third kappa shape index (κ3) is 32.1. The maximum absolute atomic E-state index is 12.8. The summed E-state index contributed by atoms with van der Waals surface area (Å²) in [6, 6.07) is 0. The lowest BCUT2D eigenvalue weighted by molar-refractivity contribution is -0.220. The molecule has 6 unspecified atom stereocenters. The van der Waals surface area contributed by atoms with E-state index < -0.39 is 63.1 Å². The molecule has 6 N–H and O–H groups in total. The summed E-state index contributed by atoms with van der Waals surface area (Å²) in [4.78, 5) is 23.2. The zero-order chi connectivity index (χ0) is 45.5. The van der Waals surface area contributed by atoms with Crippen LogP contribution in [0.3, 0.4) is 0 Å². The SMILES string of the molecule is CCCCCCCCCCCCCCCCCCCCCCCCC(=O)OC(COCCCCCCCCCCCCCCC)COP(=O)(O)OC1C(O)C(O)C(O)C(O)C1O. The van der Waals surface area contributed by atoms with Crippen molar-refractivity contribution in [3.8, 4) is 0 Å². The normalized spacial score (nSPS) is 21.9. The van der Waals surface area contributed by atoms with Gasteiger partial charge in [-0.15, -0.1) is 0 Å². The highest BCUT2D eigenvalue weighted by Crippen LogP contribution is 2.47. The third-order valence-corrected chi connectivity index (χ3v) is 13.5. The van der Waals surface area contributed by atoms with Crippen molar-refractivity contribution in [1.82, 2.24) is 0 Å². The van der Waals surface area contributed by atoms with E-state index in [1.807, 2.05) is 0 Å². The molecule has 13 heteroatoms. The van der Waals surface area contributed by atoms with Gasteiger partial charge in [0.1, 0.15) is 42.7 Å². The minimum Gasteiger partial charge on any atom is -0.457 e. The van der Waals surface area contributed by atoms with E-state index in [4.69, 9.17) is 18.5 Å². The largest absolute Gasteiger partial charge is 0.472 e. The fourth-order valence-electron chi connectivity index (χ4n) is 8.36. The van der Waals surface area contributed by atoms with Crippen molar-refractivity contribution in [2.24, 2.45) is 0 Å². The van der Waals surface area contributed by atoms with Gasteiger partial charge in [0.15, 0.2) is 0 Å². The predicted octanol–water partition coefficient (Wildman–Crippen LogP) is 11.3. The Morgan fingerprint density at radius 1 is 0.452 bits per heavy atom. The van der Waals surface area contributed by atoms with Crippen LogP contribution in [-0.2, 0) is 27.9 Å². The Morgan fingerprint density at radius 2 is 0.758 bits per heavy atom. The first-order chi connectivity index (χ1) is 30.0. The minimum atomic E-state index is -5.01. The molecular formula is C49H97O12P. The van der Waals surface area contributed by atoms with Gasteiger partial charge in [-0.25, -0.2) is 4.57 Å². The number of rotatable bonds is 45. The van der Waals surface area contributed by atoms with Gasteiger partial charge in [0.2, 0.25) is 0 Å². The van der Waals surface area contributed by atoms with Crippen LogP contribution in [0.4, 0.5) is 0 Å². The van der Waals surface area contributed by atoms with E-state index in [0.29, 0.717) is 13.0 Å². The van der Waals surface area contributed by atoms with Gasteiger partial charge in [0.25, 0.3) is 0 Å². The summed E-state index contributed by atoms with van der Waals surface area (Å²) >= 11 is 0. The smallest absolute Gasteiger partial charge is 0.457 e. The molecule has 0 spiro atoms. The highest BCUT2D eigenvalue weighted by Gasteiger charge is 2.51. The second-order valence-electron chi connectivity index (χ2n) is 18.4. The number of aliphatic hydroxyl groups excluding tert-OH is 5. The van der Waals surface area contributed by atoms with Crippen molar-refractivity contribution in [2.45, 2.75) is 288 Å². The molecule has 0 aliphatic heterocycles. The van der Waals surface area contributed by atoms with E-state index >= 15 is 0 Å². The number of ether oxygens (including phenoxy) is 2. The Kier molecular flexibility index (Phi) is 38.9. The first-order valence-electron chi connectivity index (χ1n) is 25.9. The minimum absolute atomic E-state index is 0.0678. The van der Waals surface area contributed by atoms with Gasteiger partial charge < -0.3 is 39.9 Å². The first-order valence-corrected chi connectivity index (χ1v) is 27.4. The number of aliphatic hydroxyl groups is 5. The standard InChI is InChI=1S/C49H97O12P/c1-3-5-7-9-11-13-15-17-18-19-20-21-22-23-24-25-26-28-30-32-34-36-38-43(50)60-42(40-58-39-37-35-33-31-29-27-16-14-12-10-8-6-4-2)41-59-62(56,57)61-49-47(54)45(52)44(51)46(53)48(49)55/h42,44-49,51-55H,3-41H2,1-2H3,(H,56,57). The van der Waals surface area contributed by atoms with Gasteiger partial charge in [-0.2, -0.15) is 0 Å². The summed E-state index contributed by atoms with van der Waals surface area (Å²) in [5.41, 5.74) is 0. The average molecular weight is 909 g/mol. The number of esters is 1. The van der Waals surface area contributed by atoms with E-state index in [2.05, 4.69) is 13.8 Å². The molecule has 0 amide bonds. The van der Waals surface area contributed by atoms with Crippen molar-refractivity contribution < 1.29 is 58.3 Å². The molecule has 1 saturated carbocycles. The van der Waals surface area contributed by atoms with E-state index in [1.165, 1.54) is 180 Å². The molecule has 1 aliphatic carbocycles. The van der Waals surface area contributed by atoms with E-state index in [9.17, 15) is 39.8 Å². The molecule has 1 aliphatic rings. The van der Waals surface area contributed by atoms with Crippen LogP contribution in [0.2, 0.25) is 0 Å². The second kappa shape index (κ2) is 40.6. The van der Waals surface area contributed by atoms with Gasteiger partial charge in [-0.1, -0.05) is 226 Å². The number of carbonyl (C=O) groups is 1. The van der Waals surface area contributed by atoms with Gasteiger partial charge in [-0.3, -0.25) is 13.8 Å². The number of carbonyl (C=O) groups excluding carboxylic acids is 1. The number of phosphoric acid groups is 1. The summed E-state index contributed by atoms with van der Waals surface area (Å²) in [7, 11) is -5.01. The van der Waals surface area contributed by atoms with Crippen molar-refractivity contribution in [3.63, 3.8) is 0 Å². The lowest BCUT2D eigenvalue weighted by Gasteiger charge is -2.41. The zero-order valence-electron chi connectivity index (χ0n) is 39.7. The highest BCUT2D eigenvalue weighted by atomic mass is 31.2. The van der Waals surface area contributed by atoms with Crippen LogP contribution in [0.15, 0.2) is 0 Å². The fourth-order valence-corrected chi connectivity index (χ4v) is 9.33. The molecule has 0 radical (unpaired) electrons. The average Bonchev–Trinajstić information content (AvgIpc) is 3.26. The third-order valence-electron chi connectivity index (χ3n) is 12.5. The molecule has 62 heavy (non-hydrogen) atoms.